The molecular weight excluding hydrogens is 814 g/mol. The third-order valence-electron chi connectivity index (χ3n) is 10.6. The fourth-order valence-corrected chi connectivity index (χ4v) is 8.92. The van der Waals surface area contributed by atoms with Gasteiger partial charge in [0, 0.05) is 36.7 Å². The summed E-state index contributed by atoms with van der Waals surface area (Å²) < 4.78 is 9.03. The van der Waals surface area contributed by atoms with Crippen molar-refractivity contribution < 1.29 is 4.42 Å². The fraction of sp³-hybridized carbons (Fsp3) is 0. The average molecular weight is 848 g/mol. The van der Waals surface area contributed by atoms with E-state index in [4.69, 9.17) is 4.42 Å². The number of anilines is 3. The van der Waals surface area contributed by atoms with Gasteiger partial charge in [0.15, 0.2) is 5.58 Å². The fourth-order valence-electron chi connectivity index (χ4n) is 7.90. The molecule has 2 nitrogen and oxygen atoms in total. The molecule has 0 saturated heterocycles. The van der Waals surface area contributed by atoms with E-state index < -0.39 is 0 Å². The topological polar surface area (TPSA) is 16.4 Å². The van der Waals surface area contributed by atoms with Crippen molar-refractivity contribution in [2.75, 3.05) is 4.90 Å². The number of nitrogens with zero attached hydrogens (tertiary/aromatic N) is 1. The molecule has 0 amide bonds. The van der Waals surface area contributed by atoms with Crippen molar-refractivity contribution in [1.82, 2.24) is 0 Å². The number of hydrogen-bond acceptors (Lipinski definition) is 2. The van der Waals surface area contributed by atoms with Crippen LogP contribution in [0.15, 0.2) is 214 Å². The summed E-state index contributed by atoms with van der Waals surface area (Å²) in [5.74, 6) is 0. The Kier molecular flexibility index (Phi) is 8.86. The molecule has 10 aromatic rings. The van der Waals surface area contributed by atoms with Crippen LogP contribution in [-0.4, -0.2) is 0 Å². The van der Waals surface area contributed by atoms with Gasteiger partial charge in [-0.3, -0.25) is 0 Å². The highest BCUT2D eigenvalue weighted by atomic mass is 79.9. The second-order valence-electron chi connectivity index (χ2n) is 13.9. The van der Waals surface area contributed by atoms with E-state index in [1.807, 2.05) is 6.07 Å². The van der Waals surface area contributed by atoms with Crippen molar-refractivity contribution in [3.63, 3.8) is 0 Å². The summed E-state index contributed by atoms with van der Waals surface area (Å²) in [6, 6.07) is 71.1. The van der Waals surface area contributed by atoms with Crippen molar-refractivity contribution in [3.8, 4) is 44.5 Å². The second-order valence-corrected chi connectivity index (χ2v) is 15.6. The molecule has 0 bridgehead atoms. The van der Waals surface area contributed by atoms with E-state index in [1.54, 1.807) is 0 Å². The van der Waals surface area contributed by atoms with Crippen LogP contribution in [0.25, 0.3) is 77.2 Å². The zero-order valence-corrected chi connectivity index (χ0v) is 33.3. The summed E-state index contributed by atoms with van der Waals surface area (Å²) in [6.07, 6.45) is 0. The number of rotatable bonds is 7. The Morgan fingerprint density at radius 3 is 1.55 bits per heavy atom. The van der Waals surface area contributed by atoms with Crippen molar-refractivity contribution in [2.45, 2.75) is 0 Å². The Hall–Kier alpha value is -6.20. The third-order valence-corrected chi connectivity index (χ3v) is 12.0. The molecule has 4 heteroatoms. The maximum Gasteiger partial charge on any atom is 0.160 e. The minimum Gasteiger partial charge on any atom is -0.453 e. The van der Waals surface area contributed by atoms with Crippen LogP contribution >= 0.6 is 31.9 Å². The van der Waals surface area contributed by atoms with Crippen molar-refractivity contribution in [1.29, 1.82) is 0 Å². The molecule has 0 aliphatic carbocycles. The Labute approximate surface area is 342 Å². The number of para-hydroxylation sites is 1. The van der Waals surface area contributed by atoms with Crippen LogP contribution < -0.4 is 4.90 Å². The molecular formula is C52H33Br2NO. The molecule has 0 aliphatic rings. The molecule has 0 radical (unpaired) electrons. The molecule has 0 N–H and O–H groups in total. The summed E-state index contributed by atoms with van der Waals surface area (Å²) in [4.78, 5) is 2.28. The molecule has 0 spiro atoms. The van der Waals surface area contributed by atoms with E-state index in [-0.39, 0.29) is 0 Å². The lowest BCUT2D eigenvalue weighted by atomic mass is 9.92. The van der Waals surface area contributed by atoms with Crippen LogP contribution in [0.1, 0.15) is 0 Å². The van der Waals surface area contributed by atoms with E-state index in [1.165, 1.54) is 38.6 Å². The van der Waals surface area contributed by atoms with Crippen LogP contribution in [0.3, 0.4) is 0 Å². The molecule has 0 saturated carbocycles. The lowest BCUT2D eigenvalue weighted by Gasteiger charge is -2.26. The Balaban J connectivity index is 1.08. The number of benzene rings is 9. The van der Waals surface area contributed by atoms with Gasteiger partial charge in [-0.05, 0) is 104 Å². The van der Waals surface area contributed by atoms with Gasteiger partial charge in [0.2, 0.25) is 0 Å². The van der Waals surface area contributed by atoms with Gasteiger partial charge in [0.25, 0.3) is 0 Å². The maximum atomic E-state index is 7.07. The summed E-state index contributed by atoms with van der Waals surface area (Å²) in [6.45, 7) is 0. The van der Waals surface area contributed by atoms with Crippen LogP contribution in [0.5, 0.6) is 0 Å². The van der Waals surface area contributed by atoms with E-state index in [0.717, 1.165) is 64.6 Å². The summed E-state index contributed by atoms with van der Waals surface area (Å²) in [7, 11) is 0. The maximum absolute atomic E-state index is 7.07. The standard InChI is InChI=1S/C52H33Br2NO/c53-46-30-29-45(38-22-20-37(21-23-38)43-17-9-10-18-44(43)40-24-19-35-13-7-8-14-39(35)33-40)51-49(46)50-47(54)31-32-48(52(50)56-51)55(41-15-5-2-6-16-41)42-27-25-36(26-28-42)34-11-3-1-4-12-34/h1-33H. The average Bonchev–Trinajstić information content (AvgIpc) is 3.68. The number of fused-ring (bicyclic) bond motifs is 4. The Morgan fingerprint density at radius 2 is 0.839 bits per heavy atom. The van der Waals surface area contributed by atoms with Gasteiger partial charge in [-0.15, -0.1) is 0 Å². The molecule has 0 unspecified atom stereocenters. The van der Waals surface area contributed by atoms with Gasteiger partial charge in [-0.1, -0.05) is 177 Å². The first-order valence-electron chi connectivity index (χ1n) is 18.6. The van der Waals surface area contributed by atoms with E-state index in [2.05, 4.69) is 231 Å². The predicted molar refractivity (Wildman–Crippen MR) is 243 cm³/mol. The highest BCUT2D eigenvalue weighted by Crippen LogP contribution is 2.48. The second kappa shape index (κ2) is 14.5. The Bertz CT molecular complexity index is 3030. The summed E-state index contributed by atoms with van der Waals surface area (Å²) >= 11 is 7.83. The number of halogens is 2. The van der Waals surface area contributed by atoms with E-state index >= 15 is 0 Å². The molecule has 0 fully saturated rings. The lowest BCUT2D eigenvalue weighted by Crippen LogP contribution is -2.10. The van der Waals surface area contributed by atoms with Gasteiger partial charge in [0.05, 0.1) is 5.69 Å². The van der Waals surface area contributed by atoms with Gasteiger partial charge >= 0.3 is 0 Å². The first-order chi connectivity index (χ1) is 27.6. The minimum atomic E-state index is 0.805. The monoisotopic (exact) mass is 845 g/mol. The van der Waals surface area contributed by atoms with Crippen molar-refractivity contribution in [2.24, 2.45) is 0 Å². The molecule has 1 aromatic heterocycles. The number of hydrogen-bond donors (Lipinski definition) is 0. The van der Waals surface area contributed by atoms with E-state index in [0.29, 0.717) is 0 Å². The molecule has 1 heterocycles. The summed E-state index contributed by atoms with van der Waals surface area (Å²) in [5, 5.41) is 4.54. The highest BCUT2D eigenvalue weighted by Gasteiger charge is 2.24. The molecule has 0 aliphatic heterocycles. The molecule has 9 aromatic carbocycles. The SMILES string of the molecule is Brc1ccc(-c2ccc(-c3ccccc3-c3ccc4ccccc4c3)cc2)c2oc3c(N(c4ccccc4)c4ccc(-c5ccccc5)cc4)ccc(Br)c3c12. The number of furan rings is 1. The van der Waals surface area contributed by atoms with Crippen LogP contribution in [0, 0.1) is 0 Å². The highest BCUT2D eigenvalue weighted by molar-refractivity contribution is 9.11. The lowest BCUT2D eigenvalue weighted by molar-refractivity contribution is 0.670. The molecule has 266 valence electrons. The van der Waals surface area contributed by atoms with Gasteiger partial charge < -0.3 is 9.32 Å². The van der Waals surface area contributed by atoms with Crippen LogP contribution in [0.2, 0.25) is 0 Å². The molecule has 56 heavy (non-hydrogen) atoms. The molecule has 10 rings (SSSR count). The predicted octanol–water partition coefficient (Wildman–Crippen LogP) is 16.4. The zero-order chi connectivity index (χ0) is 37.6. The van der Waals surface area contributed by atoms with Crippen LogP contribution in [-0.2, 0) is 0 Å². The minimum absolute atomic E-state index is 0.805. The van der Waals surface area contributed by atoms with Gasteiger partial charge in [-0.2, -0.15) is 0 Å². The third kappa shape index (κ3) is 6.12. The zero-order valence-electron chi connectivity index (χ0n) is 30.2. The first-order valence-corrected chi connectivity index (χ1v) is 20.2. The largest absolute Gasteiger partial charge is 0.453 e. The first kappa shape index (κ1) is 34.3. The quantitative estimate of drug-likeness (QED) is 0.159. The normalized spacial score (nSPS) is 11.4. The molecule has 0 atom stereocenters. The summed E-state index contributed by atoms with van der Waals surface area (Å²) in [5.41, 5.74) is 13.9. The van der Waals surface area contributed by atoms with E-state index in [9.17, 15) is 0 Å². The van der Waals surface area contributed by atoms with Gasteiger partial charge in [0.1, 0.15) is 5.58 Å². The Morgan fingerprint density at radius 1 is 0.339 bits per heavy atom. The van der Waals surface area contributed by atoms with Crippen molar-refractivity contribution >= 4 is 81.6 Å². The smallest absolute Gasteiger partial charge is 0.160 e. The van der Waals surface area contributed by atoms with Crippen molar-refractivity contribution in [3.05, 3.63) is 209 Å². The van der Waals surface area contributed by atoms with Crippen LogP contribution in [0.4, 0.5) is 17.1 Å². The van der Waals surface area contributed by atoms with Gasteiger partial charge in [-0.25, -0.2) is 0 Å².